The summed E-state index contributed by atoms with van der Waals surface area (Å²) in [5, 5.41) is 16.1. The number of aromatic hydroxyl groups is 1. The van der Waals surface area contributed by atoms with Gasteiger partial charge in [0.15, 0.2) is 0 Å². The van der Waals surface area contributed by atoms with E-state index in [9.17, 15) is 24.3 Å². The molecule has 0 radical (unpaired) electrons. The second-order valence-electron chi connectivity index (χ2n) is 10.8. The van der Waals surface area contributed by atoms with E-state index >= 15 is 0 Å². The lowest BCUT2D eigenvalue weighted by molar-refractivity contribution is -0.145. The van der Waals surface area contributed by atoms with Gasteiger partial charge in [0.05, 0.1) is 13.0 Å². The maximum Gasteiger partial charge on any atom is 0.408 e. The summed E-state index contributed by atoms with van der Waals surface area (Å²) in [6.45, 7) is 13.0. The van der Waals surface area contributed by atoms with Crippen molar-refractivity contribution in [3.05, 3.63) is 29.8 Å². The zero-order valence-electron chi connectivity index (χ0n) is 24.5. The summed E-state index contributed by atoms with van der Waals surface area (Å²) in [6.07, 6.45) is 2.63. The average molecular weight is 550 g/mol. The molecule has 1 aromatic carbocycles. The van der Waals surface area contributed by atoms with Crippen LogP contribution in [-0.4, -0.2) is 65.2 Å². The predicted octanol–water partition coefficient (Wildman–Crippen LogP) is 4.46. The molecule has 0 spiro atoms. The van der Waals surface area contributed by atoms with Crippen LogP contribution >= 0.6 is 0 Å². The van der Waals surface area contributed by atoms with Gasteiger partial charge in [0, 0.05) is 18.7 Å². The highest BCUT2D eigenvalue weighted by Gasteiger charge is 2.38. The van der Waals surface area contributed by atoms with Crippen molar-refractivity contribution in [3.63, 3.8) is 0 Å². The van der Waals surface area contributed by atoms with Gasteiger partial charge in [-0.1, -0.05) is 58.2 Å². The van der Waals surface area contributed by atoms with E-state index in [1.807, 2.05) is 0 Å². The van der Waals surface area contributed by atoms with Crippen LogP contribution in [0.3, 0.4) is 0 Å². The lowest BCUT2D eigenvalue weighted by Crippen LogP contribution is -2.55. The van der Waals surface area contributed by atoms with Gasteiger partial charge in [-0.25, -0.2) is 4.79 Å². The molecule has 220 valence electrons. The molecule has 39 heavy (non-hydrogen) atoms. The number of para-hydroxylation sites is 1. The van der Waals surface area contributed by atoms with Crippen LogP contribution in [-0.2, 0) is 23.9 Å². The number of rotatable bonds is 15. The highest BCUT2D eigenvalue weighted by molar-refractivity contribution is 5.92. The fourth-order valence-electron chi connectivity index (χ4n) is 3.99. The van der Waals surface area contributed by atoms with E-state index in [4.69, 9.17) is 9.47 Å². The second-order valence-corrected chi connectivity index (χ2v) is 10.8. The van der Waals surface area contributed by atoms with Crippen molar-refractivity contribution in [2.75, 3.05) is 19.7 Å². The number of unbranched alkanes of at least 4 members (excludes halogenated alkanes) is 3. The Morgan fingerprint density at radius 3 is 2.26 bits per heavy atom. The van der Waals surface area contributed by atoms with Gasteiger partial charge >= 0.3 is 12.1 Å². The number of hydrogen-bond donors (Lipinski definition) is 3. The van der Waals surface area contributed by atoms with E-state index < -0.39 is 41.6 Å². The Balaban J connectivity index is 3.41. The van der Waals surface area contributed by atoms with Crippen molar-refractivity contribution < 1.29 is 33.8 Å². The van der Waals surface area contributed by atoms with Gasteiger partial charge in [0.2, 0.25) is 11.8 Å². The molecule has 1 rings (SSSR count). The summed E-state index contributed by atoms with van der Waals surface area (Å²) in [6, 6.07) is 4.17. The van der Waals surface area contributed by atoms with E-state index in [0.29, 0.717) is 6.42 Å². The van der Waals surface area contributed by atoms with Crippen LogP contribution in [0.4, 0.5) is 4.79 Å². The number of carbonyl (C=O) groups excluding carboxylic acids is 4. The maximum atomic E-state index is 14.1. The lowest BCUT2D eigenvalue weighted by atomic mass is 9.97. The SMILES string of the molecule is CCCCCCN(C(=O)C(NC(=O)OC(C)(C)C)C(C)C)C(C(=O)NCCC(=O)OCC)c1ccccc1O. The molecule has 3 amide bonds. The molecule has 3 N–H and O–H groups in total. The first-order chi connectivity index (χ1) is 18.3. The minimum Gasteiger partial charge on any atom is -0.508 e. The topological polar surface area (TPSA) is 134 Å². The van der Waals surface area contributed by atoms with Gasteiger partial charge in [-0.15, -0.1) is 0 Å². The predicted molar refractivity (Wildman–Crippen MR) is 149 cm³/mol. The highest BCUT2D eigenvalue weighted by atomic mass is 16.6. The fraction of sp³-hybridized carbons (Fsp3) is 0.655. The molecule has 0 heterocycles. The lowest BCUT2D eigenvalue weighted by Gasteiger charge is -2.35. The van der Waals surface area contributed by atoms with Crippen LogP contribution in [0.1, 0.15) is 92.2 Å². The summed E-state index contributed by atoms with van der Waals surface area (Å²) < 4.78 is 10.3. The molecule has 0 saturated heterocycles. The summed E-state index contributed by atoms with van der Waals surface area (Å²) in [5.74, 6) is -1.94. The zero-order valence-corrected chi connectivity index (χ0v) is 24.5. The third-order valence-corrected chi connectivity index (χ3v) is 5.87. The minimum atomic E-state index is -1.19. The first kappa shape index (κ1) is 33.7. The van der Waals surface area contributed by atoms with Gasteiger partial charge in [0.25, 0.3) is 0 Å². The van der Waals surface area contributed by atoms with Gasteiger partial charge in [-0.05, 0) is 46.1 Å². The minimum absolute atomic E-state index is 0.00337. The Hall–Kier alpha value is -3.30. The molecule has 10 heteroatoms. The summed E-state index contributed by atoms with van der Waals surface area (Å²) >= 11 is 0. The Morgan fingerprint density at radius 2 is 1.69 bits per heavy atom. The van der Waals surface area contributed by atoms with Crippen molar-refractivity contribution >= 4 is 23.9 Å². The molecule has 0 aromatic heterocycles. The number of amides is 3. The number of phenolic OH excluding ortho intramolecular Hbond substituents is 1. The monoisotopic (exact) mass is 549 g/mol. The van der Waals surface area contributed by atoms with Crippen molar-refractivity contribution in [1.82, 2.24) is 15.5 Å². The van der Waals surface area contributed by atoms with Gasteiger partial charge < -0.3 is 30.1 Å². The molecular formula is C29H47N3O7. The van der Waals surface area contributed by atoms with Crippen LogP contribution in [0.5, 0.6) is 5.75 Å². The van der Waals surface area contributed by atoms with Crippen LogP contribution < -0.4 is 10.6 Å². The molecule has 0 aliphatic carbocycles. The van der Waals surface area contributed by atoms with Crippen LogP contribution in [0.25, 0.3) is 0 Å². The summed E-state index contributed by atoms with van der Waals surface area (Å²) in [5.41, 5.74) is -0.513. The zero-order chi connectivity index (χ0) is 29.6. The van der Waals surface area contributed by atoms with E-state index in [1.54, 1.807) is 59.7 Å². The number of nitrogens with zero attached hydrogens (tertiary/aromatic N) is 1. The molecule has 0 fully saturated rings. The number of carbonyl (C=O) groups is 4. The molecule has 0 bridgehead atoms. The quantitative estimate of drug-likeness (QED) is 0.217. The Bertz CT molecular complexity index is 943. The molecule has 1 aromatic rings. The van der Waals surface area contributed by atoms with Crippen LogP contribution in [0.15, 0.2) is 24.3 Å². The van der Waals surface area contributed by atoms with E-state index in [0.717, 1.165) is 19.3 Å². The van der Waals surface area contributed by atoms with Crippen molar-refractivity contribution in [1.29, 1.82) is 0 Å². The highest BCUT2D eigenvalue weighted by Crippen LogP contribution is 2.30. The molecule has 0 aliphatic rings. The molecule has 2 atom stereocenters. The number of benzene rings is 1. The summed E-state index contributed by atoms with van der Waals surface area (Å²) in [4.78, 5) is 53.5. The Labute approximate surface area is 232 Å². The van der Waals surface area contributed by atoms with Gasteiger partial charge in [-0.2, -0.15) is 0 Å². The standard InChI is InChI=1S/C29H47N3O7/c1-8-10-11-14-19-32(27(36)24(20(3)4)31-28(37)39-29(5,6)7)25(21-15-12-13-16-22(21)33)26(35)30-18-17-23(34)38-9-2/h12-13,15-16,20,24-25,33H,8-11,14,17-19H2,1-7H3,(H,30,35)(H,31,37). The Kier molecular flexibility index (Phi) is 14.4. The molecular weight excluding hydrogens is 502 g/mol. The third-order valence-electron chi connectivity index (χ3n) is 5.87. The van der Waals surface area contributed by atoms with Crippen molar-refractivity contribution in [2.45, 2.75) is 98.3 Å². The van der Waals surface area contributed by atoms with E-state index in [2.05, 4.69) is 17.6 Å². The largest absolute Gasteiger partial charge is 0.508 e. The first-order valence-electron chi connectivity index (χ1n) is 13.8. The van der Waals surface area contributed by atoms with Gasteiger partial charge in [0.1, 0.15) is 23.4 Å². The summed E-state index contributed by atoms with van der Waals surface area (Å²) in [7, 11) is 0. The van der Waals surface area contributed by atoms with E-state index in [-0.39, 0.29) is 43.3 Å². The molecule has 2 unspecified atom stereocenters. The van der Waals surface area contributed by atoms with Crippen molar-refractivity contribution in [2.24, 2.45) is 5.92 Å². The number of phenols is 1. The number of nitrogens with one attached hydrogen (secondary N) is 2. The van der Waals surface area contributed by atoms with Crippen LogP contribution in [0.2, 0.25) is 0 Å². The fourth-order valence-corrected chi connectivity index (χ4v) is 3.99. The number of hydrogen-bond acceptors (Lipinski definition) is 7. The van der Waals surface area contributed by atoms with Crippen LogP contribution in [0, 0.1) is 5.92 Å². The third kappa shape index (κ3) is 12.0. The number of esters is 1. The normalized spacial score (nSPS) is 12.8. The number of alkyl carbamates (subject to hydrolysis) is 1. The average Bonchev–Trinajstić information content (AvgIpc) is 2.83. The molecule has 0 saturated carbocycles. The Morgan fingerprint density at radius 1 is 1.03 bits per heavy atom. The van der Waals surface area contributed by atoms with Crippen molar-refractivity contribution in [3.8, 4) is 5.75 Å². The van der Waals surface area contributed by atoms with E-state index in [1.165, 1.54) is 11.0 Å². The second kappa shape index (κ2) is 16.6. The number of ether oxygens (including phenoxy) is 2. The maximum absolute atomic E-state index is 14.1. The smallest absolute Gasteiger partial charge is 0.408 e. The van der Waals surface area contributed by atoms with Gasteiger partial charge in [-0.3, -0.25) is 14.4 Å². The first-order valence-corrected chi connectivity index (χ1v) is 13.8. The molecule has 0 aliphatic heterocycles. The molecule has 10 nitrogen and oxygen atoms in total.